The molecule has 3 rings (SSSR count). The molecule has 0 aromatic carbocycles. The van der Waals surface area contributed by atoms with E-state index in [4.69, 9.17) is 0 Å². The molecule has 2 bridgehead atoms. The Bertz CT molecular complexity index is 238. The Hall–Kier alpha value is -0.0400. The fraction of sp³-hybridized carbons (Fsp3) is 1.00. The van der Waals surface area contributed by atoms with E-state index in [0.29, 0.717) is 0 Å². The summed E-state index contributed by atoms with van der Waals surface area (Å²) in [6.45, 7) is 3.75. The highest BCUT2D eigenvalue weighted by molar-refractivity contribution is 4.91. The van der Waals surface area contributed by atoms with Gasteiger partial charge < -0.3 is 5.32 Å². The second-order valence-corrected chi connectivity index (χ2v) is 6.81. The lowest BCUT2D eigenvalue weighted by atomic mass is 9.85. The lowest BCUT2D eigenvalue weighted by Gasteiger charge is -2.30. The van der Waals surface area contributed by atoms with Crippen molar-refractivity contribution in [2.45, 2.75) is 64.3 Å². The third-order valence-electron chi connectivity index (χ3n) is 5.49. The van der Waals surface area contributed by atoms with Gasteiger partial charge in [-0.3, -0.25) is 0 Å². The maximum absolute atomic E-state index is 3.88. The highest BCUT2D eigenvalue weighted by Gasteiger charge is 2.39. The van der Waals surface area contributed by atoms with Crippen LogP contribution in [0.5, 0.6) is 0 Å². The van der Waals surface area contributed by atoms with E-state index in [1.807, 2.05) is 0 Å². The van der Waals surface area contributed by atoms with Crippen molar-refractivity contribution in [3.05, 3.63) is 0 Å². The van der Waals surface area contributed by atoms with Crippen molar-refractivity contribution in [1.29, 1.82) is 0 Å². The molecule has 3 saturated carbocycles. The zero-order valence-corrected chi connectivity index (χ0v) is 10.8. The van der Waals surface area contributed by atoms with Crippen molar-refractivity contribution < 1.29 is 0 Å². The molecular weight excluding hydrogens is 194 g/mol. The van der Waals surface area contributed by atoms with Gasteiger partial charge in [0.15, 0.2) is 0 Å². The molecule has 0 saturated heterocycles. The van der Waals surface area contributed by atoms with Gasteiger partial charge in [-0.2, -0.15) is 0 Å². The average Bonchev–Trinajstić information content (AvgIpc) is 2.88. The molecule has 0 heterocycles. The topological polar surface area (TPSA) is 12.0 Å². The summed E-state index contributed by atoms with van der Waals surface area (Å²) in [6.07, 6.45) is 12.0. The molecule has 0 aliphatic heterocycles. The molecule has 0 radical (unpaired) electrons. The number of rotatable bonds is 3. The van der Waals surface area contributed by atoms with Gasteiger partial charge in [0.2, 0.25) is 0 Å². The fourth-order valence-corrected chi connectivity index (χ4v) is 4.56. The molecule has 1 heteroatoms. The number of hydrogen-bond acceptors (Lipinski definition) is 1. The first kappa shape index (κ1) is 11.1. The van der Waals surface area contributed by atoms with E-state index >= 15 is 0 Å². The van der Waals surface area contributed by atoms with Gasteiger partial charge in [0.25, 0.3) is 0 Å². The predicted molar refractivity (Wildman–Crippen MR) is 68.4 cm³/mol. The standard InChI is InChI=1S/C15H27N/c1-11-3-2-4-15(7-11)16-10-14-9-12-5-6-13(14)8-12/h11-16H,2-10H2,1H3. The van der Waals surface area contributed by atoms with Crippen LogP contribution in [-0.2, 0) is 0 Å². The van der Waals surface area contributed by atoms with Crippen LogP contribution in [0, 0.1) is 23.7 Å². The van der Waals surface area contributed by atoms with Crippen molar-refractivity contribution in [3.63, 3.8) is 0 Å². The Morgan fingerprint density at radius 2 is 1.94 bits per heavy atom. The SMILES string of the molecule is CC1CCCC(NCC2CC3CCC2C3)C1. The monoisotopic (exact) mass is 221 g/mol. The van der Waals surface area contributed by atoms with Crippen LogP contribution in [0.15, 0.2) is 0 Å². The van der Waals surface area contributed by atoms with Gasteiger partial charge in [0.05, 0.1) is 0 Å². The van der Waals surface area contributed by atoms with Crippen molar-refractivity contribution in [3.8, 4) is 0 Å². The summed E-state index contributed by atoms with van der Waals surface area (Å²) >= 11 is 0. The normalized spacial score (nSPS) is 47.4. The lowest BCUT2D eigenvalue weighted by Crippen LogP contribution is -2.37. The van der Waals surface area contributed by atoms with Crippen LogP contribution in [-0.4, -0.2) is 12.6 Å². The third-order valence-corrected chi connectivity index (χ3v) is 5.49. The van der Waals surface area contributed by atoms with Crippen molar-refractivity contribution in [2.24, 2.45) is 23.7 Å². The van der Waals surface area contributed by atoms with E-state index in [0.717, 1.165) is 29.7 Å². The summed E-state index contributed by atoms with van der Waals surface area (Å²) in [6, 6.07) is 0.850. The summed E-state index contributed by atoms with van der Waals surface area (Å²) in [7, 11) is 0. The Kier molecular flexibility index (Phi) is 3.24. The molecule has 0 aromatic rings. The summed E-state index contributed by atoms with van der Waals surface area (Å²) in [5.74, 6) is 4.21. The highest BCUT2D eigenvalue weighted by atomic mass is 14.9. The van der Waals surface area contributed by atoms with Crippen molar-refractivity contribution >= 4 is 0 Å². The van der Waals surface area contributed by atoms with Gasteiger partial charge in [-0.15, -0.1) is 0 Å². The molecule has 0 amide bonds. The second-order valence-electron chi connectivity index (χ2n) is 6.81. The largest absolute Gasteiger partial charge is 0.314 e. The summed E-state index contributed by atoms with van der Waals surface area (Å²) in [4.78, 5) is 0. The third kappa shape index (κ3) is 2.30. The van der Waals surface area contributed by atoms with Crippen LogP contribution in [0.4, 0.5) is 0 Å². The summed E-state index contributed by atoms with van der Waals surface area (Å²) < 4.78 is 0. The van der Waals surface area contributed by atoms with Gasteiger partial charge in [-0.25, -0.2) is 0 Å². The second kappa shape index (κ2) is 4.68. The molecule has 1 nitrogen and oxygen atoms in total. The smallest absolute Gasteiger partial charge is 0.00697 e. The first-order chi connectivity index (χ1) is 7.81. The quantitative estimate of drug-likeness (QED) is 0.768. The fourth-order valence-electron chi connectivity index (χ4n) is 4.56. The molecule has 92 valence electrons. The van der Waals surface area contributed by atoms with E-state index in [-0.39, 0.29) is 0 Å². The van der Waals surface area contributed by atoms with Gasteiger partial charge in [0, 0.05) is 6.04 Å². The van der Waals surface area contributed by atoms with Gasteiger partial charge in [0.1, 0.15) is 0 Å². The van der Waals surface area contributed by atoms with E-state index in [9.17, 15) is 0 Å². The number of hydrogen-bond donors (Lipinski definition) is 1. The van der Waals surface area contributed by atoms with Crippen molar-refractivity contribution in [2.75, 3.05) is 6.54 Å². The minimum absolute atomic E-state index is 0.850. The highest BCUT2D eigenvalue weighted by Crippen LogP contribution is 2.48. The first-order valence-electron chi connectivity index (χ1n) is 7.54. The maximum atomic E-state index is 3.88. The Labute approximate surface area is 100 Å². The molecule has 3 aliphatic rings. The molecule has 3 fully saturated rings. The molecular formula is C15H27N. The maximum Gasteiger partial charge on any atom is 0.00697 e. The predicted octanol–water partition coefficient (Wildman–Crippen LogP) is 3.59. The zero-order chi connectivity index (χ0) is 11.0. The van der Waals surface area contributed by atoms with Crippen LogP contribution < -0.4 is 5.32 Å². The Morgan fingerprint density at radius 1 is 1.00 bits per heavy atom. The van der Waals surface area contributed by atoms with E-state index < -0.39 is 0 Å². The molecule has 5 unspecified atom stereocenters. The van der Waals surface area contributed by atoms with Crippen LogP contribution in [0.25, 0.3) is 0 Å². The molecule has 0 aromatic heterocycles. The van der Waals surface area contributed by atoms with Crippen LogP contribution in [0.3, 0.4) is 0 Å². The van der Waals surface area contributed by atoms with Gasteiger partial charge in [-0.05, 0) is 62.3 Å². The van der Waals surface area contributed by atoms with Gasteiger partial charge in [-0.1, -0.05) is 26.2 Å². The molecule has 5 atom stereocenters. The zero-order valence-electron chi connectivity index (χ0n) is 10.8. The molecule has 3 aliphatic carbocycles. The van der Waals surface area contributed by atoms with Crippen LogP contribution in [0.2, 0.25) is 0 Å². The van der Waals surface area contributed by atoms with E-state index in [1.54, 1.807) is 19.3 Å². The minimum Gasteiger partial charge on any atom is -0.314 e. The van der Waals surface area contributed by atoms with E-state index in [2.05, 4.69) is 12.2 Å². The van der Waals surface area contributed by atoms with Crippen molar-refractivity contribution in [1.82, 2.24) is 5.32 Å². The van der Waals surface area contributed by atoms with Gasteiger partial charge >= 0.3 is 0 Å². The summed E-state index contributed by atoms with van der Waals surface area (Å²) in [5.41, 5.74) is 0. The lowest BCUT2D eigenvalue weighted by molar-refractivity contribution is 0.259. The number of nitrogens with one attached hydrogen (secondary N) is 1. The molecule has 16 heavy (non-hydrogen) atoms. The number of fused-ring (bicyclic) bond motifs is 2. The Morgan fingerprint density at radius 3 is 2.62 bits per heavy atom. The molecule has 1 N–H and O–H groups in total. The van der Waals surface area contributed by atoms with Crippen LogP contribution in [0.1, 0.15) is 58.3 Å². The Balaban J connectivity index is 1.42. The van der Waals surface area contributed by atoms with Crippen LogP contribution >= 0.6 is 0 Å². The van der Waals surface area contributed by atoms with E-state index in [1.165, 1.54) is 38.6 Å². The molecule has 0 spiro atoms. The average molecular weight is 221 g/mol. The summed E-state index contributed by atoms with van der Waals surface area (Å²) in [5, 5.41) is 3.88. The minimum atomic E-state index is 0.850. The first-order valence-corrected chi connectivity index (χ1v) is 7.54.